The van der Waals surface area contributed by atoms with Gasteiger partial charge in [0.15, 0.2) is 0 Å². The summed E-state index contributed by atoms with van der Waals surface area (Å²) in [6.07, 6.45) is 7.74. The molecule has 0 bridgehead atoms. The van der Waals surface area contributed by atoms with Gasteiger partial charge in [0.25, 0.3) is 0 Å². The lowest BCUT2D eigenvalue weighted by molar-refractivity contribution is -0.0347. The van der Waals surface area contributed by atoms with Crippen molar-refractivity contribution in [3.8, 4) is 16.9 Å². The molecule has 0 spiro atoms. The second-order valence-corrected chi connectivity index (χ2v) is 9.57. The Morgan fingerprint density at radius 3 is 2.76 bits per heavy atom. The third-order valence-electron chi connectivity index (χ3n) is 6.07. The van der Waals surface area contributed by atoms with E-state index in [4.69, 9.17) is 14.5 Å². The zero-order valence-corrected chi connectivity index (χ0v) is 19.7. The molecule has 172 valence electrons. The normalized spacial score (nSPS) is 19.7. The molecule has 1 saturated heterocycles. The summed E-state index contributed by atoms with van der Waals surface area (Å²) in [6, 6.07) is 6.57. The van der Waals surface area contributed by atoms with Crippen LogP contribution < -0.4 is 9.64 Å². The Labute approximate surface area is 194 Å². The van der Waals surface area contributed by atoms with Crippen molar-refractivity contribution in [1.82, 2.24) is 24.8 Å². The van der Waals surface area contributed by atoms with Gasteiger partial charge in [0.2, 0.25) is 5.95 Å². The molecule has 1 aromatic carbocycles. The molecule has 2 aliphatic rings. The molecule has 8 nitrogen and oxygen atoms in total. The molecule has 1 fully saturated rings. The second-order valence-electron chi connectivity index (χ2n) is 9.57. The van der Waals surface area contributed by atoms with E-state index in [9.17, 15) is 0 Å². The first kappa shape index (κ1) is 21.7. The van der Waals surface area contributed by atoms with Crippen molar-refractivity contribution >= 4 is 5.95 Å². The van der Waals surface area contributed by atoms with Crippen molar-refractivity contribution in [2.45, 2.75) is 38.5 Å². The molecule has 0 saturated carbocycles. The van der Waals surface area contributed by atoms with Crippen LogP contribution in [0.3, 0.4) is 0 Å². The standard InChI is InChI=1S/C25H30N6O2/c1-25(2)10-18-9-17(5-6-21(18)33-25)14-31-7-8-32-22(15-31)23-20(19-11-26-16-27-12-19)13-28-24(29-23)30(3)4/h5-6,9,11-13,16,22H,7-8,10,14-15H2,1-4H3/t22-/m1/s1. The van der Waals surface area contributed by atoms with Crippen LogP contribution in [-0.2, 0) is 17.7 Å². The summed E-state index contributed by atoms with van der Waals surface area (Å²) in [7, 11) is 3.88. The van der Waals surface area contributed by atoms with Crippen LogP contribution in [0, 0.1) is 0 Å². The van der Waals surface area contributed by atoms with Crippen LogP contribution in [0.5, 0.6) is 5.75 Å². The first-order valence-electron chi connectivity index (χ1n) is 11.3. The second kappa shape index (κ2) is 8.68. The maximum Gasteiger partial charge on any atom is 0.225 e. The highest BCUT2D eigenvalue weighted by Gasteiger charge is 2.31. The Morgan fingerprint density at radius 1 is 1.15 bits per heavy atom. The van der Waals surface area contributed by atoms with Crippen LogP contribution in [0.4, 0.5) is 5.95 Å². The fourth-order valence-electron chi connectivity index (χ4n) is 4.54. The van der Waals surface area contributed by atoms with Crippen LogP contribution in [0.1, 0.15) is 36.8 Å². The number of aromatic nitrogens is 4. The molecule has 5 rings (SSSR count). The first-order chi connectivity index (χ1) is 15.9. The van der Waals surface area contributed by atoms with Gasteiger partial charge in [0, 0.05) is 69.9 Å². The van der Waals surface area contributed by atoms with Crippen LogP contribution >= 0.6 is 0 Å². The third-order valence-corrected chi connectivity index (χ3v) is 6.07. The van der Waals surface area contributed by atoms with Crippen molar-refractivity contribution in [3.63, 3.8) is 0 Å². The van der Waals surface area contributed by atoms with Gasteiger partial charge >= 0.3 is 0 Å². The van der Waals surface area contributed by atoms with E-state index in [-0.39, 0.29) is 11.7 Å². The van der Waals surface area contributed by atoms with Crippen LogP contribution in [0.15, 0.2) is 43.1 Å². The summed E-state index contributed by atoms with van der Waals surface area (Å²) in [4.78, 5) is 22.1. The minimum Gasteiger partial charge on any atom is -0.487 e. The number of nitrogens with zero attached hydrogens (tertiary/aromatic N) is 6. The topological polar surface area (TPSA) is 76.5 Å². The molecule has 2 aliphatic heterocycles. The largest absolute Gasteiger partial charge is 0.487 e. The summed E-state index contributed by atoms with van der Waals surface area (Å²) in [5.41, 5.74) is 5.13. The highest BCUT2D eigenvalue weighted by Crippen LogP contribution is 2.36. The summed E-state index contributed by atoms with van der Waals surface area (Å²) < 4.78 is 12.3. The van der Waals surface area contributed by atoms with Gasteiger partial charge in [-0.2, -0.15) is 0 Å². The zero-order valence-electron chi connectivity index (χ0n) is 19.7. The summed E-state index contributed by atoms with van der Waals surface area (Å²) >= 11 is 0. The van der Waals surface area contributed by atoms with Crippen LogP contribution in [-0.4, -0.2) is 64.2 Å². The van der Waals surface area contributed by atoms with E-state index in [2.05, 4.69) is 51.9 Å². The molecule has 8 heteroatoms. The number of benzene rings is 1. The van der Waals surface area contributed by atoms with Crippen molar-refractivity contribution in [2.24, 2.45) is 0 Å². The lowest BCUT2D eigenvalue weighted by Gasteiger charge is -2.33. The minimum absolute atomic E-state index is 0.125. The van der Waals surface area contributed by atoms with E-state index in [0.717, 1.165) is 48.6 Å². The number of anilines is 1. The Bertz CT molecular complexity index is 1130. The number of morpholine rings is 1. The summed E-state index contributed by atoms with van der Waals surface area (Å²) in [5, 5.41) is 0. The van der Waals surface area contributed by atoms with Crippen molar-refractivity contribution in [3.05, 3.63) is 59.9 Å². The van der Waals surface area contributed by atoms with Gasteiger partial charge < -0.3 is 14.4 Å². The molecule has 3 aromatic rings. The lowest BCUT2D eigenvalue weighted by atomic mass is 10.00. The molecule has 4 heterocycles. The van der Waals surface area contributed by atoms with Gasteiger partial charge in [-0.25, -0.2) is 19.9 Å². The third kappa shape index (κ3) is 4.67. The molecular formula is C25H30N6O2. The van der Waals surface area contributed by atoms with Gasteiger partial charge in [0.1, 0.15) is 23.8 Å². The molecular weight excluding hydrogens is 416 g/mol. The van der Waals surface area contributed by atoms with E-state index in [0.29, 0.717) is 12.6 Å². The monoisotopic (exact) mass is 446 g/mol. The minimum atomic E-state index is -0.160. The highest BCUT2D eigenvalue weighted by atomic mass is 16.5. The number of rotatable bonds is 5. The molecule has 0 amide bonds. The molecule has 1 atom stereocenters. The van der Waals surface area contributed by atoms with E-state index >= 15 is 0 Å². The van der Waals surface area contributed by atoms with Crippen molar-refractivity contribution in [1.29, 1.82) is 0 Å². The Morgan fingerprint density at radius 2 is 1.97 bits per heavy atom. The summed E-state index contributed by atoms with van der Waals surface area (Å²) in [5.74, 6) is 1.67. The van der Waals surface area contributed by atoms with Crippen LogP contribution in [0.2, 0.25) is 0 Å². The molecule has 0 radical (unpaired) electrons. The number of ether oxygens (including phenoxy) is 2. The molecule has 0 unspecified atom stereocenters. The summed E-state index contributed by atoms with van der Waals surface area (Å²) in [6.45, 7) is 7.42. The van der Waals surface area contributed by atoms with Crippen molar-refractivity contribution in [2.75, 3.05) is 38.7 Å². The zero-order chi connectivity index (χ0) is 23.0. The van der Waals surface area contributed by atoms with Crippen LogP contribution in [0.25, 0.3) is 11.1 Å². The maximum absolute atomic E-state index is 6.22. The maximum atomic E-state index is 6.22. The molecule has 33 heavy (non-hydrogen) atoms. The average molecular weight is 447 g/mol. The fraction of sp³-hybridized carbons (Fsp3) is 0.440. The Hall–Kier alpha value is -3.10. The number of hydrogen-bond donors (Lipinski definition) is 0. The van der Waals surface area contributed by atoms with Crippen molar-refractivity contribution < 1.29 is 9.47 Å². The smallest absolute Gasteiger partial charge is 0.225 e. The highest BCUT2D eigenvalue weighted by molar-refractivity contribution is 5.64. The van der Waals surface area contributed by atoms with Gasteiger partial charge in [0.05, 0.1) is 12.3 Å². The van der Waals surface area contributed by atoms with Gasteiger partial charge in [-0.3, -0.25) is 4.90 Å². The SMILES string of the molecule is CN(C)c1ncc(-c2cncnc2)c([C@H]2CN(Cc3ccc4c(c3)CC(C)(C)O4)CCO2)n1. The predicted molar refractivity (Wildman–Crippen MR) is 126 cm³/mol. The molecule has 0 aliphatic carbocycles. The Kier molecular flexibility index (Phi) is 5.72. The van der Waals surface area contributed by atoms with Gasteiger partial charge in [-0.15, -0.1) is 0 Å². The van der Waals surface area contributed by atoms with E-state index in [1.807, 2.05) is 25.2 Å². The molecule has 0 N–H and O–H groups in total. The number of hydrogen-bond acceptors (Lipinski definition) is 8. The number of fused-ring (bicyclic) bond motifs is 1. The molecule has 2 aromatic heterocycles. The fourth-order valence-corrected chi connectivity index (χ4v) is 4.54. The quantitative estimate of drug-likeness (QED) is 0.591. The van der Waals surface area contributed by atoms with E-state index < -0.39 is 0 Å². The van der Waals surface area contributed by atoms with E-state index in [1.54, 1.807) is 12.4 Å². The lowest BCUT2D eigenvalue weighted by Crippen LogP contribution is -2.38. The average Bonchev–Trinajstić information content (AvgIpc) is 3.12. The first-order valence-corrected chi connectivity index (χ1v) is 11.3. The van der Waals surface area contributed by atoms with Gasteiger partial charge in [-0.1, -0.05) is 12.1 Å². The Balaban J connectivity index is 1.38. The van der Waals surface area contributed by atoms with E-state index in [1.165, 1.54) is 17.5 Å². The predicted octanol–water partition coefficient (Wildman–Crippen LogP) is 3.29. The van der Waals surface area contributed by atoms with Gasteiger partial charge in [-0.05, 0) is 31.0 Å².